The Hall–Kier alpha value is -4.84. The Kier molecular flexibility index (Phi) is 8.67. The summed E-state index contributed by atoms with van der Waals surface area (Å²) in [6, 6.07) is 13.9. The van der Waals surface area contributed by atoms with Gasteiger partial charge in [-0.25, -0.2) is 36.7 Å². The van der Waals surface area contributed by atoms with Crippen LogP contribution < -0.4 is 4.74 Å². The number of carboxylic acids is 1. The van der Waals surface area contributed by atoms with Crippen molar-refractivity contribution >= 4 is 17.0 Å². The number of pyridine rings is 1. The van der Waals surface area contributed by atoms with Gasteiger partial charge in [-0.3, -0.25) is 0 Å². The molecular weight excluding hydrogens is 573 g/mol. The number of halogens is 5. The average Bonchev–Trinajstić information content (AvgIpc) is 3.33. The smallest absolute Gasteiger partial charge is 0.335 e. The number of methoxy groups -OCH3 is 1. The number of benzene rings is 3. The van der Waals surface area contributed by atoms with E-state index in [0.717, 1.165) is 24.3 Å². The number of nitrogens with zero attached hydrogens (tertiary/aromatic N) is 3. The maximum atomic E-state index is 15.4. The fraction of sp³-hybridized carbons (Fsp3) is 0.194. The minimum Gasteiger partial charge on any atom is -0.478 e. The number of rotatable bonds is 11. The maximum Gasteiger partial charge on any atom is 0.335 e. The van der Waals surface area contributed by atoms with Crippen LogP contribution in [-0.2, 0) is 24.3 Å². The maximum absolute atomic E-state index is 15.4. The number of carbonyl (C=O) groups is 1. The van der Waals surface area contributed by atoms with E-state index in [0.29, 0.717) is 23.4 Å². The van der Waals surface area contributed by atoms with E-state index < -0.39 is 35.4 Å². The largest absolute Gasteiger partial charge is 0.478 e. The van der Waals surface area contributed by atoms with Crippen LogP contribution in [0.15, 0.2) is 66.7 Å². The molecule has 0 saturated heterocycles. The van der Waals surface area contributed by atoms with Crippen LogP contribution in [0.25, 0.3) is 22.3 Å². The standard InChI is InChI=1S/C31H24F5N3O4/c1-42-10-9-39-27-13-18(31(40)41)7-8-26(27)37-28(39)14-20-12-24(34)21(15-23(20)33)25-3-2-4-29(38-25)43-16-19-6-5-17(30(35)36)11-22(19)32/h2-8,11-13,15,30H,9-10,14,16H2,1H3,(H,40,41). The van der Waals surface area contributed by atoms with Crippen molar-refractivity contribution in [1.29, 1.82) is 0 Å². The summed E-state index contributed by atoms with van der Waals surface area (Å²) in [5.41, 5.74) is 0.586. The van der Waals surface area contributed by atoms with Crippen LogP contribution >= 0.6 is 0 Å². The van der Waals surface area contributed by atoms with E-state index in [4.69, 9.17) is 9.47 Å². The molecule has 0 atom stereocenters. The van der Waals surface area contributed by atoms with Crippen molar-refractivity contribution in [3.8, 4) is 17.1 Å². The van der Waals surface area contributed by atoms with Crippen molar-refractivity contribution in [3.05, 3.63) is 112 Å². The van der Waals surface area contributed by atoms with E-state index in [2.05, 4.69) is 9.97 Å². The third-order valence-electron chi connectivity index (χ3n) is 6.78. The highest BCUT2D eigenvalue weighted by molar-refractivity contribution is 5.92. The zero-order chi connectivity index (χ0) is 30.7. The predicted molar refractivity (Wildman–Crippen MR) is 147 cm³/mol. The molecule has 43 heavy (non-hydrogen) atoms. The molecular formula is C31H24F5N3O4. The van der Waals surface area contributed by atoms with Gasteiger partial charge in [0.1, 0.15) is 29.9 Å². The van der Waals surface area contributed by atoms with E-state index >= 15 is 8.78 Å². The number of alkyl halides is 2. The summed E-state index contributed by atoms with van der Waals surface area (Å²) in [5, 5.41) is 9.38. The number of fused-ring (bicyclic) bond motifs is 1. The summed E-state index contributed by atoms with van der Waals surface area (Å²) >= 11 is 0. The Bertz CT molecular complexity index is 1810. The minimum atomic E-state index is -2.81. The molecule has 1 N–H and O–H groups in total. The Morgan fingerprint density at radius 1 is 0.930 bits per heavy atom. The first-order valence-electron chi connectivity index (χ1n) is 13.0. The summed E-state index contributed by atoms with van der Waals surface area (Å²) < 4.78 is 82.8. The summed E-state index contributed by atoms with van der Waals surface area (Å²) in [5.74, 6) is -3.07. The average molecular weight is 598 g/mol. The zero-order valence-corrected chi connectivity index (χ0v) is 22.7. The lowest BCUT2D eigenvalue weighted by Crippen LogP contribution is -2.10. The first-order valence-corrected chi connectivity index (χ1v) is 13.0. The van der Waals surface area contributed by atoms with Gasteiger partial charge in [0.15, 0.2) is 0 Å². The van der Waals surface area contributed by atoms with Gasteiger partial charge in [0.05, 0.1) is 28.9 Å². The van der Waals surface area contributed by atoms with Gasteiger partial charge in [-0.2, -0.15) is 0 Å². The third kappa shape index (κ3) is 6.49. The molecule has 0 aliphatic carbocycles. The summed E-state index contributed by atoms with van der Waals surface area (Å²) in [6.45, 7) is 0.271. The molecule has 0 bridgehead atoms. The molecule has 3 aromatic carbocycles. The fourth-order valence-electron chi connectivity index (χ4n) is 4.58. The number of hydrogen-bond donors (Lipinski definition) is 1. The lowest BCUT2D eigenvalue weighted by Gasteiger charge is -2.12. The molecule has 7 nitrogen and oxygen atoms in total. The number of aromatic carboxylic acids is 1. The van der Waals surface area contributed by atoms with E-state index in [1.165, 1.54) is 43.5 Å². The summed E-state index contributed by atoms with van der Waals surface area (Å²) in [7, 11) is 1.51. The molecule has 2 aromatic heterocycles. The Labute approximate surface area is 242 Å². The molecule has 5 aromatic rings. The van der Waals surface area contributed by atoms with Crippen LogP contribution in [0.3, 0.4) is 0 Å². The van der Waals surface area contributed by atoms with Crippen LogP contribution in [0.2, 0.25) is 0 Å². The molecule has 0 saturated carbocycles. The van der Waals surface area contributed by atoms with Gasteiger partial charge in [0.2, 0.25) is 5.88 Å². The molecule has 0 amide bonds. The number of imidazole rings is 1. The highest BCUT2D eigenvalue weighted by Crippen LogP contribution is 2.29. The Morgan fingerprint density at radius 2 is 1.72 bits per heavy atom. The second-order valence-electron chi connectivity index (χ2n) is 9.58. The Morgan fingerprint density at radius 3 is 2.44 bits per heavy atom. The molecule has 0 aliphatic rings. The summed E-state index contributed by atoms with van der Waals surface area (Å²) in [4.78, 5) is 20.2. The minimum absolute atomic E-state index is 0.00804. The number of aromatic nitrogens is 3. The van der Waals surface area contributed by atoms with Crippen molar-refractivity contribution < 1.29 is 41.3 Å². The number of hydrogen-bond acceptors (Lipinski definition) is 5. The third-order valence-corrected chi connectivity index (χ3v) is 6.78. The molecule has 222 valence electrons. The van der Waals surface area contributed by atoms with Gasteiger partial charge >= 0.3 is 5.97 Å². The normalized spacial score (nSPS) is 11.4. The van der Waals surface area contributed by atoms with Gasteiger partial charge in [0.25, 0.3) is 6.43 Å². The number of carboxylic acid groups (broad SMARTS) is 1. The molecule has 0 aliphatic heterocycles. The molecule has 0 spiro atoms. The summed E-state index contributed by atoms with van der Waals surface area (Å²) in [6.07, 6.45) is -2.90. The molecule has 0 fully saturated rings. The predicted octanol–water partition coefficient (Wildman–Crippen LogP) is 6.97. The second-order valence-corrected chi connectivity index (χ2v) is 9.58. The zero-order valence-electron chi connectivity index (χ0n) is 22.7. The van der Waals surface area contributed by atoms with Crippen molar-refractivity contribution in [1.82, 2.24) is 14.5 Å². The van der Waals surface area contributed by atoms with Crippen LogP contribution in [0.1, 0.15) is 39.3 Å². The van der Waals surface area contributed by atoms with E-state index in [-0.39, 0.29) is 53.5 Å². The van der Waals surface area contributed by atoms with Gasteiger partial charge < -0.3 is 19.1 Å². The van der Waals surface area contributed by atoms with E-state index in [9.17, 15) is 23.1 Å². The lowest BCUT2D eigenvalue weighted by atomic mass is 10.0. The monoisotopic (exact) mass is 597 g/mol. The first-order chi connectivity index (χ1) is 20.6. The highest BCUT2D eigenvalue weighted by Gasteiger charge is 2.19. The van der Waals surface area contributed by atoms with Gasteiger partial charge in [-0.1, -0.05) is 18.2 Å². The van der Waals surface area contributed by atoms with Crippen molar-refractivity contribution in [2.75, 3.05) is 13.7 Å². The molecule has 0 unspecified atom stereocenters. The molecule has 5 rings (SSSR count). The van der Waals surface area contributed by atoms with Crippen molar-refractivity contribution in [3.63, 3.8) is 0 Å². The van der Waals surface area contributed by atoms with Gasteiger partial charge in [0, 0.05) is 42.8 Å². The van der Waals surface area contributed by atoms with E-state index in [1.807, 2.05) is 0 Å². The van der Waals surface area contributed by atoms with Gasteiger partial charge in [-0.05, 0) is 48.0 Å². The lowest BCUT2D eigenvalue weighted by molar-refractivity contribution is 0.0697. The van der Waals surface area contributed by atoms with Crippen LogP contribution in [0.4, 0.5) is 22.0 Å². The molecule has 12 heteroatoms. The van der Waals surface area contributed by atoms with Crippen molar-refractivity contribution in [2.24, 2.45) is 0 Å². The van der Waals surface area contributed by atoms with Crippen LogP contribution in [-0.4, -0.2) is 39.3 Å². The fourth-order valence-corrected chi connectivity index (χ4v) is 4.58. The molecule has 0 radical (unpaired) electrons. The SMILES string of the molecule is COCCn1c(Cc2cc(F)c(-c3cccc(OCc4ccc(C(F)F)cc4F)n3)cc2F)nc2ccc(C(=O)O)cc21. The van der Waals surface area contributed by atoms with E-state index in [1.54, 1.807) is 10.6 Å². The van der Waals surface area contributed by atoms with Crippen LogP contribution in [0.5, 0.6) is 5.88 Å². The van der Waals surface area contributed by atoms with Crippen molar-refractivity contribution in [2.45, 2.75) is 26.0 Å². The second kappa shape index (κ2) is 12.6. The first kappa shape index (κ1) is 29.6. The quantitative estimate of drug-likeness (QED) is 0.166. The Balaban J connectivity index is 1.39. The molecule has 2 heterocycles. The number of ether oxygens (including phenoxy) is 2. The van der Waals surface area contributed by atoms with Crippen LogP contribution in [0, 0.1) is 17.5 Å². The van der Waals surface area contributed by atoms with Gasteiger partial charge in [-0.15, -0.1) is 0 Å². The topological polar surface area (TPSA) is 86.5 Å². The highest BCUT2D eigenvalue weighted by atomic mass is 19.3.